The van der Waals surface area contributed by atoms with Crippen molar-refractivity contribution < 1.29 is 9.84 Å². The summed E-state index contributed by atoms with van der Waals surface area (Å²) in [5.41, 5.74) is 0.496. The number of nitrogens with one attached hydrogen (secondary N) is 1. The highest BCUT2D eigenvalue weighted by Gasteiger charge is 2.36. The van der Waals surface area contributed by atoms with Gasteiger partial charge in [0, 0.05) is 18.9 Å². The third-order valence-electron chi connectivity index (χ3n) is 3.33. The highest BCUT2D eigenvalue weighted by atomic mass is 35.5. The summed E-state index contributed by atoms with van der Waals surface area (Å²) in [5, 5.41) is 13.3. The van der Waals surface area contributed by atoms with Crippen LogP contribution in [0.15, 0.2) is 30.3 Å². The predicted octanol–water partition coefficient (Wildman–Crippen LogP) is 2.52. The predicted molar refractivity (Wildman–Crippen MR) is 69.8 cm³/mol. The van der Waals surface area contributed by atoms with Gasteiger partial charge < -0.3 is 15.2 Å². The quantitative estimate of drug-likeness (QED) is 0.747. The molecule has 0 saturated carbocycles. The summed E-state index contributed by atoms with van der Waals surface area (Å²) in [6.07, 6.45) is 3.69. The largest absolute Gasteiger partial charge is 0.507 e. The number of aliphatic hydroxyl groups is 1. The molecule has 1 saturated heterocycles. The van der Waals surface area contributed by atoms with Crippen molar-refractivity contribution in [3.05, 3.63) is 35.9 Å². The average molecular weight is 254 g/mol. The molecular formula is C13H16ClNO2. The number of ether oxygens (including phenoxy) is 1. The minimum absolute atomic E-state index is 0. The zero-order valence-corrected chi connectivity index (χ0v) is 10.3. The molecule has 3 rings (SSSR count). The lowest BCUT2D eigenvalue weighted by molar-refractivity contribution is 0.0788. The maximum absolute atomic E-state index is 10.0. The van der Waals surface area contributed by atoms with Gasteiger partial charge in [0.15, 0.2) is 0 Å². The fraction of sp³-hybridized carbons (Fsp3) is 0.385. The molecule has 0 bridgehead atoms. The molecule has 1 aromatic rings. The molecule has 2 N–H and O–H groups in total. The molecule has 2 heterocycles. The van der Waals surface area contributed by atoms with Gasteiger partial charge in [-0.1, -0.05) is 12.1 Å². The Kier molecular flexibility index (Phi) is 3.31. The molecule has 2 aliphatic rings. The zero-order valence-electron chi connectivity index (χ0n) is 9.48. The molecule has 0 unspecified atom stereocenters. The number of benzene rings is 1. The van der Waals surface area contributed by atoms with Crippen LogP contribution in [0.1, 0.15) is 18.4 Å². The molecular weight excluding hydrogens is 238 g/mol. The Morgan fingerprint density at radius 3 is 2.65 bits per heavy atom. The van der Waals surface area contributed by atoms with E-state index in [9.17, 15) is 5.11 Å². The minimum Gasteiger partial charge on any atom is -0.507 e. The molecule has 92 valence electrons. The van der Waals surface area contributed by atoms with Gasteiger partial charge in [0.2, 0.25) is 0 Å². The van der Waals surface area contributed by atoms with Gasteiger partial charge in [-0.2, -0.15) is 0 Å². The van der Waals surface area contributed by atoms with Crippen LogP contribution in [0.5, 0.6) is 5.75 Å². The second-order valence-electron chi connectivity index (χ2n) is 4.44. The maximum atomic E-state index is 10.0. The Morgan fingerprint density at radius 2 is 1.88 bits per heavy atom. The third-order valence-corrected chi connectivity index (χ3v) is 3.33. The number of piperidine rings is 1. The van der Waals surface area contributed by atoms with Crippen molar-refractivity contribution in [1.29, 1.82) is 0 Å². The van der Waals surface area contributed by atoms with Gasteiger partial charge in [0.1, 0.15) is 17.1 Å². The van der Waals surface area contributed by atoms with Crippen molar-refractivity contribution in [2.24, 2.45) is 0 Å². The lowest BCUT2D eigenvalue weighted by Gasteiger charge is -2.38. The van der Waals surface area contributed by atoms with Crippen molar-refractivity contribution in [3.8, 4) is 5.75 Å². The van der Waals surface area contributed by atoms with E-state index in [1.165, 1.54) is 0 Å². The van der Waals surface area contributed by atoms with Crippen molar-refractivity contribution in [1.82, 2.24) is 5.32 Å². The standard InChI is InChI=1S/C13H15NO2.ClH/c15-11-9-13(5-7-14-8-6-13)16-12-4-2-1-3-10(11)12;/h1-4,9,14-15H,5-8H2;1H. The topological polar surface area (TPSA) is 41.5 Å². The van der Waals surface area contributed by atoms with Crippen molar-refractivity contribution >= 4 is 18.2 Å². The Balaban J connectivity index is 0.00000108. The normalized spacial score (nSPS) is 20.8. The molecule has 1 spiro atoms. The van der Waals surface area contributed by atoms with Crippen LogP contribution >= 0.6 is 12.4 Å². The first-order chi connectivity index (χ1) is 7.79. The van der Waals surface area contributed by atoms with E-state index in [-0.39, 0.29) is 18.0 Å². The summed E-state index contributed by atoms with van der Waals surface area (Å²) < 4.78 is 6.05. The van der Waals surface area contributed by atoms with Crippen molar-refractivity contribution in [2.45, 2.75) is 18.4 Å². The average Bonchev–Trinajstić information content (AvgIpc) is 2.30. The molecule has 0 aromatic heterocycles. The smallest absolute Gasteiger partial charge is 0.133 e. The van der Waals surface area contributed by atoms with E-state index >= 15 is 0 Å². The van der Waals surface area contributed by atoms with Gasteiger partial charge in [-0.05, 0) is 25.2 Å². The summed E-state index contributed by atoms with van der Waals surface area (Å²) in [7, 11) is 0. The fourth-order valence-electron chi connectivity index (χ4n) is 2.44. The molecule has 4 heteroatoms. The molecule has 2 aliphatic heterocycles. The van der Waals surface area contributed by atoms with Crippen molar-refractivity contribution in [3.63, 3.8) is 0 Å². The van der Waals surface area contributed by atoms with Gasteiger partial charge >= 0.3 is 0 Å². The van der Waals surface area contributed by atoms with E-state index in [4.69, 9.17) is 4.74 Å². The Labute approximate surface area is 107 Å². The minimum atomic E-state index is -0.302. The summed E-state index contributed by atoms with van der Waals surface area (Å²) in [6.45, 7) is 1.87. The van der Waals surface area contributed by atoms with Gasteiger partial charge in [-0.25, -0.2) is 0 Å². The van der Waals surface area contributed by atoms with E-state index in [2.05, 4.69) is 5.32 Å². The summed E-state index contributed by atoms with van der Waals surface area (Å²) in [5.74, 6) is 1.15. The number of halogens is 1. The van der Waals surface area contributed by atoms with Crippen LogP contribution in [-0.2, 0) is 0 Å². The Hall–Kier alpha value is -1.19. The van der Waals surface area contributed by atoms with E-state index in [0.717, 1.165) is 37.2 Å². The summed E-state index contributed by atoms with van der Waals surface area (Å²) in [6, 6.07) is 7.65. The number of hydrogen-bond donors (Lipinski definition) is 2. The highest BCUT2D eigenvalue weighted by Crippen LogP contribution is 2.38. The van der Waals surface area contributed by atoms with Crippen LogP contribution < -0.4 is 10.1 Å². The van der Waals surface area contributed by atoms with E-state index in [0.29, 0.717) is 5.76 Å². The van der Waals surface area contributed by atoms with Gasteiger partial charge in [0.25, 0.3) is 0 Å². The molecule has 3 nitrogen and oxygen atoms in total. The second kappa shape index (κ2) is 4.59. The number of fused-ring (bicyclic) bond motifs is 1. The number of hydrogen-bond acceptors (Lipinski definition) is 3. The third kappa shape index (κ3) is 2.13. The Bertz CT molecular complexity index is 439. The molecule has 1 aromatic carbocycles. The second-order valence-corrected chi connectivity index (χ2v) is 4.44. The molecule has 0 amide bonds. The van der Waals surface area contributed by atoms with E-state index in [1.54, 1.807) is 0 Å². The summed E-state index contributed by atoms with van der Waals surface area (Å²) >= 11 is 0. The first kappa shape index (κ1) is 12.3. The lowest BCUT2D eigenvalue weighted by Crippen LogP contribution is -2.46. The van der Waals surface area contributed by atoms with Crippen molar-refractivity contribution in [2.75, 3.05) is 13.1 Å². The first-order valence-corrected chi connectivity index (χ1v) is 5.70. The Morgan fingerprint density at radius 1 is 1.18 bits per heavy atom. The maximum Gasteiger partial charge on any atom is 0.133 e. The van der Waals surface area contributed by atoms with Crippen LogP contribution in [0.25, 0.3) is 5.76 Å². The lowest BCUT2D eigenvalue weighted by atomic mass is 9.88. The SMILES string of the molecule is Cl.OC1=CC2(CCNCC2)Oc2ccccc21. The highest BCUT2D eigenvalue weighted by molar-refractivity contribution is 5.85. The van der Waals surface area contributed by atoms with Crippen LogP contribution in [0.2, 0.25) is 0 Å². The monoisotopic (exact) mass is 253 g/mol. The van der Waals surface area contributed by atoms with Gasteiger partial charge in [-0.3, -0.25) is 0 Å². The van der Waals surface area contributed by atoms with Crippen LogP contribution in [0, 0.1) is 0 Å². The molecule has 0 atom stereocenters. The number of rotatable bonds is 0. The van der Waals surface area contributed by atoms with Crippen LogP contribution in [-0.4, -0.2) is 23.8 Å². The van der Waals surface area contributed by atoms with Gasteiger partial charge in [-0.15, -0.1) is 12.4 Å². The van der Waals surface area contributed by atoms with Crippen LogP contribution in [0.4, 0.5) is 0 Å². The van der Waals surface area contributed by atoms with E-state index < -0.39 is 0 Å². The molecule has 1 fully saturated rings. The molecule has 17 heavy (non-hydrogen) atoms. The zero-order chi connectivity index (χ0) is 11.0. The number of aliphatic hydroxyl groups excluding tert-OH is 1. The fourth-order valence-corrected chi connectivity index (χ4v) is 2.44. The number of para-hydroxylation sites is 1. The molecule has 0 radical (unpaired) electrons. The van der Waals surface area contributed by atoms with E-state index in [1.807, 2.05) is 30.3 Å². The molecule has 0 aliphatic carbocycles. The summed E-state index contributed by atoms with van der Waals surface area (Å²) in [4.78, 5) is 0. The van der Waals surface area contributed by atoms with Gasteiger partial charge in [0.05, 0.1) is 5.56 Å². The first-order valence-electron chi connectivity index (χ1n) is 5.70. The van der Waals surface area contributed by atoms with Crippen LogP contribution in [0.3, 0.4) is 0 Å².